The minimum atomic E-state index is -3.74. The molecule has 2 N–H and O–H groups in total. The van der Waals surface area contributed by atoms with Crippen molar-refractivity contribution in [2.24, 2.45) is 0 Å². The number of sulfonamides is 1. The second-order valence-electron chi connectivity index (χ2n) is 4.59. The van der Waals surface area contributed by atoms with Crippen LogP contribution in [0.25, 0.3) is 0 Å². The number of nitrogens with zero attached hydrogens (tertiary/aromatic N) is 2. The van der Waals surface area contributed by atoms with Crippen LogP contribution >= 0.6 is 0 Å². The molecule has 0 saturated carbocycles. The smallest absolute Gasteiger partial charge is 0.260 e. The molecule has 0 radical (unpaired) electrons. The first-order chi connectivity index (χ1) is 9.89. The minimum Gasteiger partial charge on any atom is -0.335 e. The second kappa shape index (κ2) is 6.06. The molecule has 0 fully saturated rings. The molecule has 0 aliphatic carbocycles. The number of imidazole rings is 1. The number of aromatic nitrogens is 2. The van der Waals surface area contributed by atoms with E-state index in [4.69, 9.17) is 0 Å². The summed E-state index contributed by atoms with van der Waals surface area (Å²) in [7, 11) is -2.40. The number of hydrogen-bond acceptors (Lipinski definition) is 4. The zero-order valence-corrected chi connectivity index (χ0v) is 12.5. The Morgan fingerprint density at radius 1 is 1.43 bits per heavy atom. The summed E-state index contributed by atoms with van der Waals surface area (Å²) in [4.78, 5) is 18.1. The van der Waals surface area contributed by atoms with E-state index in [1.807, 2.05) is 19.1 Å². The van der Waals surface area contributed by atoms with Crippen LogP contribution in [-0.4, -0.2) is 42.2 Å². The predicted octanol–water partition coefficient (Wildman–Crippen LogP) is 0.977. The Morgan fingerprint density at radius 2 is 2.19 bits per heavy atom. The molecule has 0 aliphatic rings. The van der Waals surface area contributed by atoms with E-state index < -0.39 is 15.9 Å². The lowest BCUT2D eigenvalue weighted by Crippen LogP contribution is -2.35. The van der Waals surface area contributed by atoms with E-state index >= 15 is 0 Å². The van der Waals surface area contributed by atoms with Crippen molar-refractivity contribution in [3.05, 3.63) is 42.4 Å². The number of anilines is 1. The number of rotatable bonds is 5. The number of carbonyl (C=O) groups is 1. The van der Waals surface area contributed by atoms with E-state index in [1.54, 1.807) is 12.1 Å². The van der Waals surface area contributed by atoms with Gasteiger partial charge < -0.3 is 10.3 Å². The Labute approximate surface area is 123 Å². The highest BCUT2D eigenvalue weighted by atomic mass is 32.2. The van der Waals surface area contributed by atoms with Crippen LogP contribution in [0.1, 0.15) is 5.56 Å². The average molecular weight is 308 g/mol. The number of H-pyrrole nitrogens is 1. The van der Waals surface area contributed by atoms with Crippen molar-refractivity contribution in [2.45, 2.75) is 11.9 Å². The molecule has 1 amide bonds. The number of likely N-dealkylation sites (N-methyl/N-ethyl adjacent to an activating group) is 1. The summed E-state index contributed by atoms with van der Waals surface area (Å²) in [6.45, 7) is 1.62. The largest absolute Gasteiger partial charge is 0.335 e. The Hall–Kier alpha value is -2.19. The maximum absolute atomic E-state index is 12.1. The van der Waals surface area contributed by atoms with Crippen molar-refractivity contribution < 1.29 is 13.2 Å². The highest BCUT2D eigenvalue weighted by Crippen LogP contribution is 2.12. The highest BCUT2D eigenvalue weighted by molar-refractivity contribution is 7.89. The predicted molar refractivity (Wildman–Crippen MR) is 78.2 cm³/mol. The van der Waals surface area contributed by atoms with Crippen molar-refractivity contribution in [3.8, 4) is 0 Å². The first kappa shape index (κ1) is 15.2. The van der Waals surface area contributed by atoms with Gasteiger partial charge in [-0.1, -0.05) is 12.1 Å². The van der Waals surface area contributed by atoms with Gasteiger partial charge in [0.05, 0.1) is 19.1 Å². The van der Waals surface area contributed by atoms with Crippen LogP contribution in [0.4, 0.5) is 5.69 Å². The molecule has 0 atom stereocenters. The molecule has 0 aliphatic heterocycles. The van der Waals surface area contributed by atoms with E-state index in [-0.39, 0.29) is 11.6 Å². The Morgan fingerprint density at radius 3 is 2.81 bits per heavy atom. The van der Waals surface area contributed by atoms with Gasteiger partial charge in [-0.3, -0.25) is 4.79 Å². The fraction of sp³-hybridized carbons (Fsp3) is 0.231. The van der Waals surface area contributed by atoms with Gasteiger partial charge in [0.25, 0.3) is 10.0 Å². The summed E-state index contributed by atoms with van der Waals surface area (Å²) in [5, 5.41) is 2.61. The normalized spacial score (nSPS) is 11.6. The zero-order chi connectivity index (χ0) is 15.5. The molecule has 0 spiro atoms. The molecule has 0 saturated heterocycles. The molecule has 2 aromatic rings. The van der Waals surface area contributed by atoms with Gasteiger partial charge in [-0.05, 0) is 24.6 Å². The Bertz CT molecular complexity index is 726. The summed E-state index contributed by atoms with van der Waals surface area (Å²) < 4.78 is 25.2. The maximum Gasteiger partial charge on any atom is 0.260 e. The first-order valence-electron chi connectivity index (χ1n) is 6.21. The van der Waals surface area contributed by atoms with Gasteiger partial charge in [0.1, 0.15) is 0 Å². The number of aryl methyl sites for hydroxylation is 1. The van der Waals surface area contributed by atoms with Crippen LogP contribution in [0, 0.1) is 6.92 Å². The lowest BCUT2D eigenvalue weighted by molar-refractivity contribution is -0.116. The summed E-state index contributed by atoms with van der Waals surface area (Å²) in [5.74, 6) is -0.411. The molecule has 0 bridgehead atoms. The Kier molecular flexibility index (Phi) is 4.39. The molecule has 1 aromatic carbocycles. The van der Waals surface area contributed by atoms with E-state index in [0.717, 1.165) is 9.87 Å². The number of aromatic amines is 1. The Balaban J connectivity index is 2.03. The monoisotopic (exact) mass is 308 g/mol. The number of benzene rings is 1. The van der Waals surface area contributed by atoms with Crippen LogP contribution in [0.15, 0.2) is 41.8 Å². The summed E-state index contributed by atoms with van der Waals surface area (Å²) in [5.41, 5.74) is 1.64. The van der Waals surface area contributed by atoms with Gasteiger partial charge in [0.15, 0.2) is 5.03 Å². The van der Waals surface area contributed by atoms with Gasteiger partial charge in [-0.2, -0.15) is 4.31 Å². The summed E-state index contributed by atoms with van der Waals surface area (Å²) >= 11 is 0. The second-order valence-corrected chi connectivity index (χ2v) is 6.61. The topological polar surface area (TPSA) is 95.2 Å². The van der Waals surface area contributed by atoms with Gasteiger partial charge in [0, 0.05) is 12.7 Å². The molecule has 112 valence electrons. The zero-order valence-electron chi connectivity index (χ0n) is 11.7. The lowest BCUT2D eigenvalue weighted by atomic mass is 10.2. The van der Waals surface area contributed by atoms with Crippen LogP contribution in [0.5, 0.6) is 0 Å². The van der Waals surface area contributed by atoms with Crippen molar-refractivity contribution in [1.82, 2.24) is 14.3 Å². The van der Waals surface area contributed by atoms with Crippen molar-refractivity contribution >= 4 is 21.6 Å². The van der Waals surface area contributed by atoms with Gasteiger partial charge in [-0.15, -0.1) is 0 Å². The van der Waals surface area contributed by atoms with Crippen LogP contribution < -0.4 is 5.32 Å². The average Bonchev–Trinajstić information content (AvgIpc) is 2.92. The maximum atomic E-state index is 12.1. The molecule has 1 aromatic heterocycles. The van der Waals surface area contributed by atoms with Crippen LogP contribution in [-0.2, 0) is 14.8 Å². The van der Waals surface area contributed by atoms with E-state index in [1.165, 1.54) is 19.6 Å². The van der Waals surface area contributed by atoms with Crippen LogP contribution in [0.3, 0.4) is 0 Å². The van der Waals surface area contributed by atoms with E-state index in [0.29, 0.717) is 5.69 Å². The fourth-order valence-electron chi connectivity index (χ4n) is 1.76. The summed E-state index contributed by atoms with van der Waals surface area (Å²) in [6, 6.07) is 7.27. The quantitative estimate of drug-likeness (QED) is 0.860. The fourth-order valence-corrected chi connectivity index (χ4v) is 2.78. The SMILES string of the molecule is Cc1cccc(NC(=O)CN(C)S(=O)(=O)c2cnc[nH]2)c1. The third-order valence-corrected chi connectivity index (χ3v) is 4.56. The molecule has 8 heteroatoms. The first-order valence-corrected chi connectivity index (χ1v) is 7.65. The van der Waals surface area contributed by atoms with Crippen LogP contribution in [0.2, 0.25) is 0 Å². The van der Waals surface area contributed by atoms with Crippen molar-refractivity contribution in [1.29, 1.82) is 0 Å². The number of hydrogen-bond donors (Lipinski definition) is 2. The minimum absolute atomic E-state index is 0.0478. The van der Waals surface area contributed by atoms with E-state index in [2.05, 4.69) is 15.3 Å². The number of nitrogens with one attached hydrogen (secondary N) is 2. The third-order valence-electron chi connectivity index (χ3n) is 2.83. The van der Waals surface area contributed by atoms with E-state index in [9.17, 15) is 13.2 Å². The summed E-state index contributed by atoms with van der Waals surface area (Å²) in [6.07, 6.45) is 2.47. The third kappa shape index (κ3) is 3.67. The van der Waals surface area contributed by atoms with Crippen molar-refractivity contribution in [3.63, 3.8) is 0 Å². The van der Waals surface area contributed by atoms with Gasteiger partial charge in [-0.25, -0.2) is 13.4 Å². The molecular weight excluding hydrogens is 292 g/mol. The number of carbonyl (C=O) groups excluding carboxylic acids is 1. The van der Waals surface area contributed by atoms with Gasteiger partial charge >= 0.3 is 0 Å². The van der Waals surface area contributed by atoms with Crippen molar-refractivity contribution in [2.75, 3.05) is 18.9 Å². The molecule has 1 heterocycles. The molecule has 21 heavy (non-hydrogen) atoms. The standard InChI is InChI=1S/C13H16N4O3S/c1-10-4-3-5-11(6-10)16-12(18)8-17(2)21(19,20)13-7-14-9-15-13/h3-7,9H,8H2,1-2H3,(H,14,15)(H,16,18). The molecule has 2 rings (SSSR count). The highest BCUT2D eigenvalue weighted by Gasteiger charge is 2.24. The molecule has 0 unspecified atom stereocenters. The molecular formula is C13H16N4O3S. The lowest BCUT2D eigenvalue weighted by Gasteiger charge is -2.15. The van der Waals surface area contributed by atoms with Gasteiger partial charge in [0.2, 0.25) is 5.91 Å². The number of amides is 1. The molecule has 7 nitrogen and oxygen atoms in total.